The molecule has 2 N–H and O–H groups in total. The summed E-state index contributed by atoms with van der Waals surface area (Å²) in [6.07, 6.45) is 2.14. The van der Waals surface area contributed by atoms with Crippen LogP contribution in [0.25, 0.3) is 5.69 Å². The van der Waals surface area contributed by atoms with E-state index in [1.165, 1.54) is 0 Å². The van der Waals surface area contributed by atoms with Crippen LogP contribution in [-0.2, 0) is 6.54 Å². The Morgan fingerprint density at radius 1 is 1.23 bits per heavy atom. The summed E-state index contributed by atoms with van der Waals surface area (Å²) >= 11 is 1.85. The average Bonchev–Trinajstić information content (AvgIpc) is 2.96. The zero-order valence-corrected chi connectivity index (χ0v) is 17.6. The van der Waals surface area contributed by atoms with Crippen LogP contribution < -0.4 is 10.6 Å². The van der Waals surface area contributed by atoms with Crippen molar-refractivity contribution in [1.82, 2.24) is 20.4 Å². The van der Waals surface area contributed by atoms with Gasteiger partial charge < -0.3 is 10.6 Å². The van der Waals surface area contributed by atoms with Gasteiger partial charge in [0.05, 0.1) is 17.9 Å². The Hall–Kier alpha value is -1.95. The van der Waals surface area contributed by atoms with E-state index in [-0.39, 0.29) is 4.75 Å². The van der Waals surface area contributed by atoms with Gasteiger partial charge >= 0.3 is 0 Å². The van der Waals surface area contributed by atoms with Gasteiger partial charge in [-0.1, -0.05) is 18.2 Å². The highest BCUT2D eigenvalue weighted by atomic mass is 32.2. The molecule has 5 nitrogen and oxygen atoms in total. The number of benzene rings is 1. The predicted octanol–water partition coefficient (Wildman–Crippen LogP) is 3.69. The number of thioether (sulfide) groups is 1. The SMILES string of the molecule is CCNC(=NCc1ccccc1-n1nc(C)cc1C)NCC(C)(C)SC. The van der Waals surface area contributed by atoms with Crippen molar-refractivity contribution in [1.29, 1.82) is 0 Å². The van der Waals surface area contributed by atoms with Gasteiger partial charge in [-0.3, -0.25) is 0 Å². The number of para-hydroxylation sites is 1. The molecule has 0 bridgehead atoms. The largest absolute Gasteiger partial charge is 0.357 e. The lowest BCUT2D eigenvalue weighted by molar-refractivity contribution is 0.664. The van der Waals surface area contributed by atoms with Gasteiger partial charge in [-0.15, -0.1) is 0 Å². The molecule has 6 heteroatoms. The topological polar surface area (TPSA) is 54.2 Å². The summed E-state index contributed by atoms with van der Waals surface area (Å²) in [6.45, 7) is 12.9. The molecule has 2 rings (SSSR count). The van der Waals surface area contributed by atoms with E-state index in [2.05, 4.69) is 73.9 Å². The van der Waals surface area contributed by atoms with E-state index in [0.29, 0.717) is 6.54 Å². The van der Waals surface area contributed by atoms with Crippen LogP contribution in [0.4, 0.5) is 0 Å². The maximum atomic E-state index is 4.79. The zero-order chi connectivity index (χ0) is 19.2. The maximum Gasteiger partial charge on any atom is 0.191 e. The van der Waals surface area contributed by atoms with Crippen LogP contribution in [0.3, 0.4) is 0 Å². The van der Waals surface area contributed by atoms with E-state index in [9.17, 15) is 0 Å². The van der Waals surface area contributed by atoms with Crippen molar-refractivity contribution in [2.75, 3.05) is 19.3 Å². The number of aryl methyl sites for hydroxylation is 2. The highest BCUT2D eigenvalue weighted by molar-refractivity contribution is 7.99. The fourth-order valence-electron chi connectivity index (χ4n) is 2.60. The summed E-state index contributed by atoms with van der Waals surface area (Å²) < 4.78 is 2.16. The van der Waals surface area contributed by atoms with E-state index in [4.69, 9.17) is 4.99 Å². The van der Waals surface area contributed by atoms with Gasteiger partial charge in [0.2, 0.25) is 0 Å². The Morgan fingerprint density at radius 2 is 1.96 bits per heavy atom. The van der Waals surface area contributed by atoms with Crippen LogP contribution in [0.15, 0.2) is 35.3 Å². The molecule has 0 aliphatic carbocycles. The molecule has 142 valence electrons. The quantitative estimate of drug-likeness (QED) is 0.574. The summed E-state index contributed by atoms with van der Waals surface area (Å²) in [7, 11) is 0. The van der Waals surface area contributed by atoms with Gasteiger partial charge in [-0.2, -0.15) is 16.9 Å². The minimum absolute atomic E-state index is 0.164. The lowest BCUT2D eigenvalue weighted by Crippen LogP contribution is -2.43. The molecule has 0 aliphatic heterocycles. The lowest BCUT2D eigenvalue weighted by Gasteiger charge is -2.23. The maximum absolute atomic E-state index is 4.79. The Kier molecular flexibility index (Phi) is 7.14. The molecule has 0 fully saturated rings. The van der Waals surface area contributed by atoms with E-state index >= 15 is 0 Å². The molecule has 0 saturated heterocycles. The van der Waals surface area contributed by atoms with E-state index < -0.39 is 0 Å². The van der Waals surface area contributed by atoms with Crippen molar-refractivity contribution in [2.24, 2.45) is 4.99 Å². The third-order valence-electron chi connectivity index (χ3n) is 4.22. The highest BCUT2D eigenvalue weighted by Gasteiger charge is 2.16. The first-order valence-corrected chi connectivity index (χ1v) is 10.3. The average molecular weight is 374 g/mol. The van der Waals surface area contributed by atoms with Crippen LogP contribution in [0.2, 0.25) is 0 Å². The van der Waals surface area contributed by atoms with Crippen molar-refractivity contribution in [2.45, 2.75) is 45.9 Å². The van der Waals surface area contributed by atoms with Crippen molar-refractivity contribution < 1.29 is 0 Å². The minimum Gasteiger partial charge on any atom is -0.357 e. The van der Waals surface area contributed by atoms with Crippen molar-refractivity contribution in [3.05, 3.63) is 47.3 Å². The standard InChI is InChI=1S/C20H31N5S/c1-7-21-19(23-14-20(4,5)26-6)22-13-17-10-8-9-11-18(17)25-16(3)12-15(2)24-25/h8-12H,7,13-14H2,1-6H3,(H2,21,22,23). The molecule has 0 spiro atoms. The molecule has 0 amide bonds. The van der Waals surface area contributed by atoms with E-state index in [0.717, 1.165) is 41.7 Å². The van der Waals surface area contributed by atoms with Crippen LogP contribution in [0.5, 0.6) is 0 Å². The Morgan fingerprint density at radius 3 is 2.58 bits per heavy atom. The number of rotatable bonds is 7. The molecule has 1 heterocycles. The van der Waals surface area contributed by atoms with Crippen molar-refractivity contribution in [3.63, 3.8) is 0 Å². The molecule has 0 unspecified atom stereocenters. The van der Waals surface area contributed by atoms with Crippen molar-refractivity contribution >= 4 is 17.7 Å². The summed E-state index contributed by atoms with van der Waals surface area (Å²) in [4.78, 5) is 4.79. The molecule has 1 aromatic carbocycles. The summed E-state index contributed by atoms with van der Waals surface area (Å²) in [5, 5.41) is 11.4. The van der Waals surface area contributed by atoms with Crippen LogP contribution in [0.1, 0.15) is 37.7 Å². The first-order valence-electron chi connectivity index (χ1n) is 9.05. The fraction of sp³-hybridized carbons (Fsp3) is 0.500. The summed E-state index contributed by atoms with van der Waals surface area (Å²) in [6, 6.07) is 10.4. The molecule has 1 aromatic heterocycles. The van der Waals surface area contributed by atoms with Gasteiger partial charge in [0.15, 0.2) is 5.96 Å². The van der Waals surface area contributed by atoms with Gasteiger partial charge in [0.25, 0.3) is 0 Å². The first-order chi connectivity index (χ1) is 12.4. The number of nitrogens with one attached hydrogen (secondary N) is 2. The molecule has 0 atom stereocenters. The van der Waals surface area contributed by atoms with Crippen LogP contribution in [-0.4, -0.2) is 39.8 Å². The summed E-state index contributed by atoms with van der Waals surface area (Å²) in [5.74, 6) is 0.845. The predicted molar refractivity (Wildman–Crippen MR) is 113 cm³/mol. The van der Waals surface area contributed by atoms with Crippen molar-refractivity contribution in [3.8, 4) is 5.69 Å². The normalized spacial score (nSPS) is 12.3. The third-order valence-corrected chi connectivity index (χ3v) is 5.46. The van der Waals surface area contributed by atoms with Gasteiger partial charge in [-0.05, 0) is 58.6 Å². The van der Waals surface area contributed by atoms with Gasteiger partial charge in [-0.25, -0.2) is 9.67 Å². The van der Waals surface area contributed by atoms with Crippen LogP contribution in [0, 0.1) is 13.8 Å². The monoisotopic (exact) mass is 373 g/mol. The number of hydrogen-bond donors (Lipinski definition) is 2. The number of aliphatic imine (C=N–C) groups is 1. The molecular formula is C20H31N5S. The lowest BCUT2D eigenvalue weighted by atomic mass is 10.2. The van der Waals surface area contributed by atoms with E-state index in [1.807, 2.05) is 29.4 Å². The van der Waals surface area contributed by atoms with Crippen LogP contribution >= 0.6 is 11.8 Å². The van der Waals surface area contributed by atoms with Gasteiger partial charge in [0.1, 0.15) is 0 Å². The number of hydrogen-bond acceptors (Lipinski definition) is 3. The number of aromatic nitrogens is 2. The minimum atomic E-state index is 0.164. The van der Waals surface area contributed by atoms with Gasteiger partial charge in [0, 0.05) is 23.5 Å². The molecule has 0 aliphatic rings. The number of guanidine groups is 1. The zero-order valence-electron chi connectivity index (χ0n) is 16.8. The fourth-order valence-corrected chi connectivity index (χ4v) is 2.82. The molecule has 0 saturated carbocycles. The Bertz CT molecular complexity index is 748. The second-order valence-corrected chi connectivity index (χ2v) is 8.49. The number of nitrogens with zero attached hydrogens (tertiary/aromatic N) is 3. The molecule has 26 heavy (non-hydrogen) atoms. The Labute approximate surface area is 161 Å². The summed E-state index contributed by atoms with van der Waals surface area (Å²) in [5.41, 5.74) is 4.39. The molecular weight excluding hydrogens is 342 g/mol. The smallest absolute Gasteiger partial charge is 0.191 e. The second-order valence-electron chi connectivity index (χ2n) is 6.98. The van der Waals surface area contributed by atoms with E-state index in [1.54, 1.807) is 0 Å². The third kappa shape index (κ3) is 5.53. The second kappa shape index (κ2) is 9.12. The Balaban J connectivity index is 2.20. The highest BCUT2D eigenvalue weighted by Crippen LogP contribution is 2.20. The first kappa shape index (κ1) is 20.4. The molecule has 0 radical (unpaired) electrons. The molecule has 2 aromatic rings.